The lowest BCUT2D eigenvalue weighted by Crippen LogP contribution is -2.14. The molecule has 0 radical (unpaired) electrons. The van der Waals surface area contributed by atoms with Gasteiger partial charge in [0.15, 0.2) is 0 Å². The van der Waals surface area contributed by atoms with Gasteiger partial charge in [-0.25, -0.2) is 0 Å². The summed E-state index contributed by atoms with van der Waals surface area (Å²) in [5, 5.41) is 0. The SMILES string of the molecule is CCCCc1ccc(CCC23CCC(CC2)C3)cc1. The molecule has 2 bridgehead atoms. The van der Waals surface area contributed by atoms with Crippen LogP contribution < -0.4 is 0 Å². The zero-order chi connectivity index (χ0) is 13.1. The number of benzene rings is 1. The van der Waals surface area contributed by atoms with Gasteiger partial charge in [-0.2, -0.15) is 0 Å². The van der Waals surface area contributed by atoms with Crippen LogP contribution in [0.5, 0.6) is 0 Å². The fraction of sp³-hybridized carbons (Fsp3) is 0.684. The van der Waals surface area contributed by atoms with E-state index in [1.54, 1.807) is 12.0 Å². The van der Waals surface area contributed by atoms with Crippen molar-refractivity contribution in [2.45, 2.75) is 71.1 Å². The molecule has 0 unspecified atom stereocenters. The molecular formula is C19H28. The van der Waals surface area contributed by atoms with Gasteiger partial charge in [-0.05, 0) is 80.2 Å². The molecule has 0 atom stereocenters. The van der Waals surface area contributed by atoms with Gasteiger partial charge < -0.3 is 0 Å². The van der Waals surface area contributed by atoms with Crippen LogP contribution in [0.2, 0.25) is 0 Å². The molecule has 19 heavy (non-hydrogen) atoms. The molecule has 0 aliphatic heterocycles. The van der Waals surface area contributed by atoms with Crippen LogP contribution in [0.15, 0.2) is 24.3 Å². The maximum absolute atomic E-state index is 2.38. The third kappa shape index (κ3) is 3.04. The molecule has 2 saturated carbocycles. The van der Waals surface area contributed by atoms with Crippen molar-refractivity contribution in [2.24, 2.45) is 11.3 Å². The predicted octanol–water partition coefficient (Wildman–Crippen LogP) is 5.54. The summed E-state index contributed by atoms with van der Waals surface area (Å²) >= 11 is 0. The Morgan fingerprint density at radius 2 is 1.63 bits per heavy atom. The average molecular weight is 256 g/mol. The quantitative estimate of drug-likeness (QED) is 0.626. The van der Waals surface area contributed by atoms with Crippen molar-refractivity contribution in [3.8, 4) is 0 Å². The first kappa shape index (κ1) is 13.2. The molecule has 0 aromatic heterocycles. The van der Waals surface area contributed by atoms with Crippen LogP contribution in [0.1, 0.15) is 69.4 Å². The Morgan fingerprint density at radius 1 is 1.00 bits per heavy atom. The Bertz CT molecular complexity index is 393. The van der Waals surface area contributed by atoms with E-state index in [9.17, 15) is 0 Å². The molecule has 104 valence electrons. The number of rotatable bonds is 6. The second kappa shape index (κ2) is 5.69. The largest absolute Gasteiger partial charge is 0.0654 e. The maximum atomic E-state index is 2.38. The van der Waals surface area contributed by atoms with E-state index >= 15 is 0 Å². The zero-order valence-electron chi connectivity index (χ0n) is 12.5. The molecule has 1 aromatic rings. The van der Waals surface area contributed by atoms with Crippen molar-refractivity contribution in [3.63, 3.8) is 0 Å². The Morgan fingerprint density at radius 3 is 2.16 bits per heavy atom. The Hall–Kier alpha value is -0.780. The van der Waals surface area contributed by atoms with E-state index in [0.717, 1.165) is 11.3 Å². The first-order valence-electron chi connectivity index (χ1n) is 8.37. The van der Waals surface area contributed by atoms with E-state index in [-0.39, 0.29) is 0 Å². The summed E-state index contributed by atoms with van der Waals surface area (Å²) < 4.78 is 0. The molecule has 0 amide bonds. The molecule has 0 spiro atoms. The van der Waals surface area contributed by atoms with Crippen molar-refractivity contribution in [1.82, 2.24) is 0 Å². The number of hydrogen-bond acceptors (Lipinski definition) is 0. The van der Waals surface area contributed by atoms with Crippen LogP contribution in [-0.4, -0.2) is 0 Å². The van der Waals surface area contributed by atoms with E-state index in [1.165, 1.54) is 63.4 Å². The van der Waals surface area contributed by atoms with Crippen molar-refractivity contribution in [1.29, 1.82) is 0 Å². The van der Waals surface area contributed by atoms with E-state index in [4.69, 9.17) is 0 Å². The average Bonchev–Trinajstić information content (AvgIpc) is 3.05. The van der Waals surface area contributed by atoms with E-state index in [2.05, 4.69) is 31.2 Å². The lowest BCUT2D eigenvalue weighted by atomic mass is 9.79. The Labute approximate surface area is 118 Å². The normalized spacial score (nSPS) is 29.0. The fourth-order valence-corrected chi connectivity index (χ4v) is 4.33. The number of hydrogen-bond donors (Lipinski definition) is 0. The fourth-order valence-electron chi connectivity index (χ4n) is 4.33. The van der Waals surface area contributed by atoms with Gasteiger partial charge in [0, 0.05) is 0 Å². The number of unbranched alkanes of at least 4 members (excludes halogenated alkanes) is 1. The molecule has 0 heteroatoms. The molecule has 0 heterocycles. The monoisotopic (exact) mass is 256 g/mol. The molecule has 2 fully saturated rings. The van der Waals surface area contributed by atoms with Crippen molar-refractivity contribution >= 4 is 0 Å². The first-order valence-corrected chi connectivity index (χ1v) is 8.37. The van der Waals surface area contributed by atoms with Crippen molar-refractivity contribution < 1.29 is 0 Å². The topological polar surface area (TPSA) is 0 Å². The molecule has 1 aromatic carbocycles. The first-order chi connectivity index (χ1) is 9.30. The van der Waals surface area contributed by atoms with Gasteiger partial charge in [0.1, 0.15) is 0 Å². The second-order valence-electron chi connectivity index (χ2n) is 7.07. The van der Waals surface area contributed by atoms with Gasteiger partial charge >= 0.3 is 0 Å². The molecule has 2 aliphatic rings. The van der Waals surface area contributed by atoms with Crippen LogP contribution in [0.3, 0.4) is 0 Å². The highest BCUT2D eigenvalue weighted by Gasteiger charge is 2.43. The van der Waals surface area contributed by atoms with Gasteiger partial charge in [0.25, 0.3) is 0 Å². The van der Waals surface area contributed by atoms with E-state index < -0.39 is 0 Å². The number of aryl methyl sites for hydroxylation is 2. The predicted molar refractivity (Wildman–Crippen MR) is 82.4 cm³/mol. The van der Waals surface area contributed by atoms with Gasteiger partial charge in [-0.3, -0.25) is 0 Å². The number of fused-ring (bicyclic) bond motifs is 2. The molecule has 0 nitrogen and oxygen atoms in total. The summed E-state index contributed by atoms with van der Waals surface area (Å²) in [4.78, 5) is 0. The van der Waals surface area contributed by atoms with Crippen LogP contribution in [0.4, 0.5) is 0 Å². The van der Waals surface area contributed by atoms with Gasteiger partial charge in [0.2, 0.25) is 0 Å². The third-order valence-corrected chi connectivity index (χ3v) is 5.67. The smallest absolute Gasteiger partial charge is 0.0274 e. The van der Waals surface area contributed by atoms with E-state index in [0.29, 0.717) is 0 Å². The van der Waals surface area contributed by atoms with Crippen LogP contribution in [0.25, 0.3) is 0 Å². The molecule has 3 rings (SSSR count). The summed E-state index contributed by atoms with van der Waals surface area (Å²) in [6, 6.07) is 9.47. The Kier molecular flexibility index (Phi) is 3.96. The van der Waals surface area contributed by atoms with Crippen LogP contribution in [0, 0.1) is 11.3 Å². The third-order valence-electron chi connectivity index (χ3n) is 5.67. The molecule has 2 aliphatic carbocycles. The van der Waals surface area contributed by atoms with Crippen molar-refractivity contribution in [3.05, 3.63) is 35.4 Å². The highest BCUT2D eigenvalue weighted by Crippen LogP contribution is 2.56. The summed E-state index contributed by atoms with van der Waals surface area (Å²) in [5.41, 5.74) is 3.83. The second-order valence-corrected chi connectivity index (χ2v) is 7.07. The summed E-state index contributed by atoms with van der Waals surface area (Å²) in [6.45, 7) is 2.27. The minimum atomic E-state index is 0.756. The minimum Gasteiger partial charge on any atom is -0.0654 e. The lowest BCUT2D eigenvalue weighted by Gasteiger charge is -2.26. The summed E-state index contributed by atoms with van der Waals surface area (Å²) in [7, 11) is 0. The van der Waals surface area contributed by atoms with Gasteiger partial charge in [-0.1, -0.05) is 37.6 Å². The van der Waals surface area contributed by atoms with E-state index in [1.807, 2.05) is 0 Å². The maximum Gasteiger partial charge on any atom is -0.0274 e. The lowest BCUT2D eigenvalue weighted by molar-refractivity contribution is 0.271. The molecule has 0 N–H and O–H groups in total. The highest BCUT2D eigenvalue weighted by atomic mass is 14.5. The summed E-state index contributed by atoms with van der Waals surface area (Å²) in [6.07, 6.45) is 14.3. The summed E-state index contributed by atoms with van der Waals surface area (Å²) in [5.74, 6) is 1.09. The van der Waals surface area contributed by atoms with Gasteiger partial charge in [-0.15, -0.1) is 0 Å². The minimum absolute atomic E-state index is 0.756. The van der Waals surface area contributed by atoms with Gasteiger partial charge in [0.05, 0.1) is 0 Å². The molecular weight excluding hydrogens is 228 g/mol. The van der Waals surface area contributed by atoms with Crippen LogP contribution >= 0.6 is 0 Å². The molecule has 0 saturated heterocycles. The van der Waals surface area contributed by atoms with Crippen LogP contribution in [-0.2, 0) is 12.8 Å². The Balaban J connectivity index is 1.52. The standard InChI is InChI=1S/C19H28/c1-2-3-4-16-5-7-17(8-6-16)9-12-19-13-10-18(15-19)11-14-19/h5-8,18H,2-4,9-15H2,1H3. The zero-order valence-corrected chi connectivity index (χ0v) is 12.5. The van der Waals surface area contributed by atoms with Crippen molar-refractivity contribution in [2.75, 3.05) is 0 Å². The highest BCUT2D eigenvalue weighted by molar-refractivity contribution is 5.23.